The molecule has 0 bridgehead atoms. The summed E-state index contributed by atoms with van der Waals surface area (Å²) in [5.74, 6) is -0.0151. The molecule has 0 saturated heterocycles. The molecular weight excluding hydrogens is 196 g/mol. The molecule has 0 aromatic rings. The predicted octanol–water partition coefficient (Wildman–Crippen LogP) is 1.09. The maximum absolute atomic E-state index is 9.58. The number of hydrogen-bond acceptors (Lipinski definition) is 4. The SMILES string of the molecule is CCC(C)(C)CC(C)[C@H](O)OCC(O)O. The second-order valence-electron chi connectivity index (χ2n) is 4.90. The first kappa shape index (κ1) is 14.8. The molecule has 0 saturated carbocycles. The zero-order valence-electron chi connectivity index (χ0n) is 10.1. The van der Waals surface area contributed by atoms with Gasteiger partial charge in [0.05, 0.1) is 0 Å². The monoisotopic (exact) mass is 220 g/mol. The maximum Gasteiger partial charge on any atom is 0.175 e. The van der Waals surface area contributed by atoms with E-state index in [9.17, 15) is 5.11 Å². The topological polar surface area (TPSA) is 69.9 Å². The Bertz CT molecular complexity index is 168. The van der Waals surface area contributed by atoms with Crippen molar-refractivity contribution in [3.63, 3.8) is 0 Å². The Labute approximate surface area is 91.9 Å². The number of aliphatic hydroxyl groups is 3. The van der Waals surface area contributed by atoms with Crippen molar-refractivity contribution in [1.82, 2.24) is 0 Å². The summed E-state index contributed by atoms with van der Waals surface area (Å²) in [6.45, 7) is 8.02. The van der Waals surface area contributed by atoms with Gasteiger partial charge in [0.2, 0.25) is 0 Å². The molecule has 1 unspecified atom stereocenters. The molecule has 0 fully saturated rings. The molecule has 92 valence electrons. The molecule has 15 heavy (non-hydrogen) atoms. The van der Waals surface area contributed by atoms with Crippen LogP contribution in [0.2, 0.25) is 0 Å². The van der Waals surface area contributed by atoms with Gasteiger partial charge >= 0.3 is 0 Å². The Morgan fingerprint density at radius 3 is 2.13 bits per heavy atom. The molecule has 0 heterocycles. The van der Waals surface area contributed by atoms with E-state index in [2.05, 4.69) is 20.8 Å². The molecule has 3 N–H and O–H groups in total. The molecule has 0 spiro atoms. The lowest BCUT2D eigenvalue weighted by atomic mass is 9.81. The minimum Gasteiger partial charge on any atom is -0.368 e. The van der Waals surface area contributed by atoms with Crippen LogP contribution in [0.15, 0.2) is 0 Å². The van der Waals surface area contributed by atoms with E-state index >= 15 is 0 Å². The van der Waals surface area contributed by atoms with Gasteiger partial charge in [0, 0.05) is 5.92 Å². The Balaban J connectivity index is 3.93. The number of hydrogen-bond donors (Lipinski definition) is 3. The van der Waals surface area contributed by atoms with Crippen molar-refractivity contribution in [1.29, 1.82) is 0 Å². The summed E-state index contributed by atoms with van der Waals surface area (Å²) >= 11 is 0. The lowest BCUT2D eigenvalue weighted by Gasteiger charge is -2.29. The summed E-state index contributed by atoms with van der Waals surface area (Å²) < 4.78 is 4.91. The zero-order valence-corrected chi connectivity index (χ0v) is 10.1. The third-order valence-corrected chi connectivity index (χ3v) is 2.73. The second kappa shape index (κ2) is 6.43. The van der Waals surface area contributed by atoms with Crippen LogP contribution in [0.25, 0.3) is 0 Å². The van der Waals surface area contributed by atoms with Crippen LogP contribution in [0.4, 0.5) is 0 Å². The smallest absolute Gasteiger partial charge is 0.175 e. The van der Waals surface area contributed by atoms with Crippen molar-refractivity contribution in [2.24, 2.45) is 11.3 Å². The van der Waals surface area contributed by atoms with E-state index in [0.717, 1.165) is 12.8 Å². The Hall–Kier alpha value is -0.160. The van der Waals surface area contributed by atoms with Gasteiger partial charge in [-0.2, -0.15) is 0 Å². The average Bonchev–Trinajstić information content (AvgIpc) is 2.13. The summed E-state index contributed by atoms with van der Waals surface area (Å²) in [6.07, 6.45) is -0.581. The van der Waals surface area contributed by atoms with E-state index < -0.39 is 12.6 Å². The van der Waals surface area contributed by atoms with E-state index in [-0.39, 0.29) is 17.9 Å². The van der Waals surface area contributed by atoms with Crippen molar-refractivity contribution in [3.8, 4) is 0 Å². The maximum atomic E-state index is 9.58. The number of ether oxygens (including phenoxy) is 1. The first-order valence-corrected chi connectivity index (χ1v) is 5.44. The van der Waals surface area contributed by atoms with E-state index in [1.54, 1.807) is 0 Å². The van der Waals surface area contributed by atoms with Gasteiger partial charge in [-0.25, -0.2) is 0 Å². The third kappa shape index (κ3) is 6.84. The molecule has 0 aliphatic carbocycles. The fraction of sp³-hybridized carbons (Fsp3) is 1.00. The van der Waals surface area contributed by atoms with Crippen LogP contribution >= 0.6 is 0 Å². The van der Waals surface area contributed by atoms with Crippen molar-refractivity contribution >= 4 is 0 Å². The highest BCUT2D eigenvalue weighted by Gasteiger charge is 2.24. The summed E-state index contributed by atoms with van der Waals surface area (Å²) in [6, 6.07) is 0. The molecule has 0 radical (unpaired) electrons. The quantitative estimate of drug-likeness (QED) is 0.562. The van der Waals surface area contributed by atoms with Gasteiger partial charge in [-0.05, 0) is 11.8 Å². The third-order valence-electron chi connectivity index (χ3n) is 2.73. The number of aliphatic hydroxyl groups excluding tert-OH is 2. The molecule has 0 aromatic carbocycles. The Morgan fingerprint density at radius 1 is 1.20 bits per heavy atom. The second-order valence-corrected chi connectivity index (χ2v) is 4.90. The molecule has 0 amide bonds. The van der Waals surface area contributed by atoms with Crippen LogP contribution in [0.3, 0.4) is 0 Å². The summed E-state index contributed by atoms with van der Waals surface area (Å²) in [4.78, 5) is 0. The van der Waals surface area contributed by atoms with Crippen LogP contribution in [0.1, 0.15) is 40.5 Å². The van der Waals surface area contributed by atoms with Crippen LogP contribution < -0.4 is 0 Å². The molecule has 4 nitrogen and oxygen atoms in total. The molecule has 4 heteroatoms. The highest BCUT2D eigenvalue weighted by molar-refractivity contribution is 4.71. The van der Waals surface area contributed by atoms with E-state index in [1.807, 2.05) is 6.92 Å². The Kier molecular flexibility index (Phi) is 6.36. The summed E-state index contributed by atoms with van der Waals surface area (Å²) in [5, 5.41) is 26.7. The standard InChI is InChI=1S/C11H24O4/c1-5-11(3,4)6-8(2)10(14)15-7-9(12)13/h8-10,12-14H,5-7H2,1-4H3/t8?,10-/m1/s1. The normalized spacial score (nSPS) is 16.8. The van der Waals surface area contributed by atoms with Gasteiger partial charge in [-0.3, -0.25) is 0 Å². The number of rotatable bonds is 7. The molecular formula is C11H24O4. The molecule has 0 aliphatic rings. The van der Waals surface area contributed by atoms with E-state index in [0.29, 0.717) is 0 Å². The van der Waals surface area contributed by atoms with Crippen molar-refractivity contribution < 1.29 is 20.1 Å². The zero-order chi connectivity index (χ0) is 12.1. The fourth-order valence-electron chi connectivity index (χ4n) is 1.47. The van der Waals surface area contributed by atoms with Gasteiger partial charge in [-0.15, -0.1) is 0 Å². The highest BCUT2D eigenvalue weighted by atomic mass is 16.6. The molecule has 0 rings (SSSR count). The summed E-state index contributed by atoms with van der Waals surface area (Å²) in [7, 11) is 0. The fourth-order valence-corrected chi connectivity index (χ4v) is 1.47. The molecule has 0 aromatic heterocycles. The molecule has 2 atom stereocenters. The van der Waals surface area contributed by atoms with Gasteiger partial charge in [0.15, 0.2) is 12.6 Å². The lowest BCUT2D eigenvalue weighted by molar-refractivity contribution is -0.186. The largest absolute Gasteiger partial charge is 0.368 e. The van der Waals surface area contributed by atoms with Gasteiger partial charge < -0.3 is 20.1 Å². The first-order valence-electron chi connectivity index (χ1n) is 5.44. The van der Waals surface area contributed by atoms with Crippen LogP contribution in [0, 0.1) is 11.3 Å². The van der Waals surface area contributed by atoms with Gasteiger partial charge in [0.25, 0.3) is 0 Å². The minimum atomic E-state index is -1.52. The average molecular weight is 220 g/mol. The van der Waals surface area contributed by atoms with Crippen LogP contribution in [-0.2, 0) is 4.74 Å². The van der Waals surface area contributed by atoms with Gasteiger partial charge in [-0.1, -0.05) is 34.1 Å². The van der Waals surface area contributed by atoms with Gasteiger partial charge in [0.1, 0.15) is 6.61 Å². The van der Waals surface area contributed by atoms with Crippen molar-refractivity contribution in [3.05, 3.63) is 0 Å². The minimum absolute atomic E-state index is 0.0151. The first-order chi connectivity index (χ1) is 6.78. The van der Waals surface area contributed by atoms with Crippen molar-refractivity contribution in [2.45, 2.75) is 53.1 Å². The van der Waals surface area contributed by atoms with E-state index in [4.69, 9.17) is 14.9 Å². The van der Waals surface area contributed by atoms with E-state index in [1.165, 1.54) is 0 Å². The van der Waals surface area contributed by atoms with Crippen LogP contribution in [-0.4, -0.2) is 34.5 Å². The van der Waals surface area contributed by atoms with Crippen LogP contribution in [0.5, 0.6) is 0 Å². The summed E-state index contributed by atoms with van der Waals surface area (Å²) in [5.41, 5.74) is 0.168. The highest BCUT2D eigenvalue weighted by Crippen LogP contribution is 2.30. The predicted molar refractivity (Wildman–Crippen MR) is 58.0 cm³/mol. The Morgan fingerprint density at radius 2 is 1.73 bits per heavy atom. The van der Waals surface area contributed by atoms with Crippen molar-refractivity contribution in [2.75, 3.05) is 6.61 Å². The lowest BCUT2D eigenvalue weighted by Crippen LogP contribution is -2.29. The molecule has 0 aliphatic heterocycles.